The van der Waals surface area contributed by atoms with Crippen molar-refractivity contribution >= 4 is 11.9 Å². The monoisotopic (exact) mass is 234 g/mol. The first-order valence-electron chi connectivity index (χ1n) is 5.02. The van der Waals surface area contributed by atoms with Crippen molar-refractivity contribution in [2.45, 2.75) is 13.8 Å². The fraction of sp³-hybridized carbons (Fsp3) is 0.182. The predicted octanol–water partition coefficient (Wildman–Crippen LogP) is 1.81. The molecule has 0 saturated heterocycles. The average Bonchev–Trinajstić information content (AvgIpc) is 2.62. The minimum atomic E-state index is -0.443. The van der Waals surface area contributed by atoms with Gasteiger partial charge in [-0.25, -0.2) is 4.39 Å². The number of aromatic amines is 1. The summed E-state index contributed by atoms with van der Waals surface area (Å²) in [5, 5.41) is 8.84. The van der Waals surface area contributed by atoms with Gasteiger partial charge in [0.1, 0.15) is 11.6 Å². The summed E-state index contributed by atoms with van der Waals surface area (Å²) in [4.78, 5) is 15.7. The van der Waals surface area contributed by atoms with E-state index in [0.29, 0.717) is 11.4 Å². The summed E-state index contributed by atoms with van der Waals surface area (Å²) in [6.45, 7) is 3.44. The highest BCUT2D eigenvalue weighted by molar-refractivity contribution is 6.03. The molecule has 0 unspecified atom stereocenters. The number of aryl methyl sites for hydroxylation is 2. The number of hydrogen-bond acceptors (Lipinski definition) is 3. The number of carbonyl (C=O) groups is 1. The lowest BCUT2D eigenvalue weighted by atomic mass is 10.1. The number of halogens is 1. The number of anilines is 1. The summed E-state index contributed by atoms with van der Waals surface area (Å²) >= 11 is 0. The number of hydrogen-bond donors (Lipinski definition) is 2. The Morgan fingerprint density at radius 2 is 2.12 bits per heavy atom. The molecule has 17 heavy (non-hydrogen) atoms. The molecule has 0 saturated carbocycles. The van der Waals surface area contributed by atoms with E-state index in [4.69, 9.17) is 0 Å². The largest absolute Gasteiger partial charge is 0.289 e. The van der Waals surface area contributed by atoms with E-state index in [-0.39, 0.29) is 11.5 Å². The Labute approximate surface area is 97.1 Å². The molecule has 0 aliphatic heterocycles. The van der Waals surface area contributed by atoms with E-state index in [1.807, 2.05) is 0 Å². The Balaban J connectivity index is 2.19. The molecule has 0 spiro atoms. The summed E-state index contributed by atoms with van der Waals surface area (Å²) in [7, 11) is 0. The molecule has 5 nitrogen and oxygen atoms in total. The van der Waals surface area contributed by atoms with E-state index in [0.717, 1.165) is 0 Å². The summed E-state index contributed by atoms with van der Waals surface area (Å²) in [6.07, 6.45) is 0. The van der Waals surface area contributed by atoms with E-state index in [2.05, 4.69) is 20.5 Å². The molecule has 88 valence electrons. The Kier molecular flexibility index (Phi) is 2.86. The van der Waals surface area contributed by atoms with Crippen molar-refractivity contribution in [1.82, 2.24) is 15.2 Å². The Hall–Kier alpha value is -2.24. The number of amides is 1. The summed E-state index contributed by atoms with van der Waals surface area (Å²) in [5.41, 5.74) is 0.922. The second-order valence-electron chi connectivity index (χ2n) is 3.72. The molecular formula is C11H11FN4O. The molecule has 6 heteroatoms. The smallest absolute Gasteiger partial charge is 0.258 e. The maximum absolute atomic E-state index is 13.1. The third-order valence-electron chi connectivity index (χ3n) is 2.13. The molecule has 0 atom stereocenters. The van der Waals surface area contributed by atoms with Gasteiger partial charge in [0.15, 0.2) is 0 Å². The van der Waals surface area contributed by atoms with Crippen LogP contribution in [0.5, 0.6) is 0 Å². The first-order valence-corrected chi connectivity index (χ1v) is 5.02. The quantitative estimate of drug-likeness (QED) is 0.832. The van der Waals surface area contributed by atoms with Crippen LogP contribution < -0.4 is 5.32 Å². The first-order chi connectivity index (χ1) is 8.04. The predicted molar refractivity (Wildman–Crippen MR) is 60.2 cm³/mol. The molecule has 0 fully saturated rings. The molecule has 2 N–H and O–H groups in total. The number of aromatic nitrogens is 3. The number of H-pyrrole nitrogens is 1. The van der Waals surface area contributed by atoms with Crippen LogP contribution in [0.4, 0.5) is 10.3 Å². The first kappa shape index (κ1) is 11.3. The Bertz CT molecular complexity index is 544. The van der Waals surface area contributed by atoms with Crippen LogP contribution in [0.1, 0.15) is 21.7 Å². The third-order valence-corrected chi connectivity index (χ3v) is 2.13. The lowest BCUT2D eigenvalue weighted by Crippen LogP contribution is -2.13. The van der Waals surface area contributed by atoms with Gasteiger partial charge in [-0.1, -0.05) is 0 Å². The standard InChI is InChI=1S/C11H11FN4O/c1-6-3-8(5-9(12)4-6)10(17)14-11-13-7(2)15-16-11/h3-5H,1-2H3,(H2,13,14,15,16,17). The summed E-state index contributed by atoms with van der Waals surface area (Å²) in [6, 6.07) is 4.12. The topological polar surface area (TPSA) is 70.7 Å². The number of nitrogens with one attached hydrogen (secondary N) is 2. The highest BCUT2D eigenvalue weighted by atomic mass is 19.1. The molecule has 0 aliphatic rings. The highest BCUT2D eigenvalue weighted by Crippen LogP contribution is 2.10. The molecule has 0 radical (unpaired) electrons. The molecule has 2 rings (SSSR count). The van der Waals surface area contributed by atoms with E-state index in [1.54, 1.807) is 19.9 Å². The van der Waals surface area contributed by atoms with Crippen LogP contribution in [-0.2, 0) is 0 Å². The van der Waals surface area contributed by atoms with Crippen molar-refractivity contribution in [1.29, 1.82) is 0 Å². The fourth-order valence-corrected chi connectivity index (χ4v) is 1.44. The second-order valence-corrected chi connectivity index (χ2v) is 3.72. The van der Waals surface area contributed by atoms with Crippen LogP contribution in [-0.4, -0.2) is 21.1 Å². The van der Waals surface area contributed by atoms with Gasteiger partial charge < -0.3 is 0 Å². The van der Waals surface area contributed by atoms with Crippen molar-refractivity contribution in [3.05, 3.63) is 41.0 Å². The van der Waals surface area contributed by atoms with Gasteiger partial charge in [-0.3, -0.25) is 15.2 Å². The summed E-state index contributed by atoms with van der Waals surface area (Å²) in [5.74, 6) is -0.113. The maximum atomic E-state index is 13.1. The minimum Gasteiger partial charge on any atom is -0.289 e. The molecule has 1 heterocycles. The zero-order valence-corrected chi connectivity index (χ0v) is 9.41. The molecular weight excluding hydrogens is 223 g/mol. The average molecular weight is 234 g/mol. The molecule has 2 aromatic rings. The van der Waals surface area contributed by atoms with E-state index in [1.165, 1.54) is 12.1 Å². The number of benzene rings is 1. The minimum absolute atomic E-state index is 0.175. The lowest BCUT2D eigenvalue weighted by Gasteiger charge is -2.02. The molecule has 0 aliphatic carbocycles. The van der Waals surface area contributed by atoms with Gasteiger partial charge in [0.25, 0.3) is 5.91 Å². The van der Waals surface area contributed by atoms with Crippen LogP contribution in [0.2, 0.25) is 0 Å². The molecule has 0 bridgehead atoms. The third kappa shape index (κ3) is 2.66. The van der Waals surface area contributed by atoms with E-state index < -0.39 is 11.7 Å². The summed E-state index contributed by atoms with van der Waals surface area (Å²) < 4.78 is 13.1. The lowest BCUT2D eigenvalue weighted by molar-refractivity contribution is 0.102. The van der Waals surface area contributed by atoms with Crippen molar-refractivity contribution in [2.75, 3.05) is 5.32 Å². The van der Waals surface area contributed by atoms with Crippen molar-refractivity contribution in [3.63, 3.8) is 0 Å². The van der Waals surface area contributed by atoms with E-state index >= 15 is 0 Å². The zero-order chi connectivity index (χ0) is 12.4. The molecule has 1 amide bonds. The van der Waals surface area contributed by atoms with Crippen LogP contribution in [0.3, 0.4) is 0 Å². The van der Waals surface area contributed by atoms with Gasteiger partial charge in [-0.05, 0) is 37.6 Å². The molecule has 1 aromatic heterocycles. The van der Waals surface area contributed by atoms with Crippen LogP contribution in [0.15, 0.2) is 18.2 Å². The van der Waals surface area contributed by atoms with Gasteiger partial charge in [0, 0.05) is 5.56 Å². The van der Waals surface area contributed by atoms with Gasteiger partial charge in [0.05, 0.1) is 0 Å². The Morgan fingerprint density at radius 3 is 2.71 bits per heavy atom. The fourth-order valence-electron chi connectivity index (χ4n) is 1.44. The van der Waals surface area contributed by atoms with Crippen molar-refractivity contribution < 1.29 is 9.18 Å². The van der Waals surface area contributed by atoms with Crippen LogP contribution in [0, 0.1) is 19.7 Å². The zero-order valence-electron chi connectivity index (χ0n) is 9.41. The van der Waals surface area contributed by atoms with Crippen molar-refractivity contribution in [3.8, 4) is 0 Å². The van der Waals surface area contributed by atoms with Crippen LogP contribution >= 0.6 is 0 Å². The van der Waals surface area contributed by atoms with Gasteiger partial charge in [-0.15, -0.1) is 5.10 Å². The SMILES string of the molecule is Cc1cc(F)cc(C(=O)Nc2n[nH]c(C)n2)c1. The van der Waals surface area contributed by atoms with Gasteiger partial charge >= 0.3 is 0 Å². The Morgan fingerprint density at radius 1 is 1.35 bits per heavy atom. The normalized spacial score (nSPS) is 10.3. The van der Waals surface area contributed by atoms with Crippen LogP contribution in [0.25, 0.3) is 0 Å². The number of nitrogens with zero attached hydrogens (tertiary/aromatic N) is 2. The maximum Gasteiger partial charge on any atom is 0.258 e. The van der Waals surface area contributed by atoms with Gasteiger partial charge in [0.2, 0.25) is 5.95 Å². The highest BCUT2D eigenvalue weighted by Gasteiger charge is 2.10. The van der Waals surface area contributed by atoms with Gasteiger partial charge in [-0.2, -0.15) is 4.98 Å². The van der Waals surface area contributed by atoms with E-state index in [9.17, 15) is 9.18 Å². The van der Waals surface area contributed by atoms with Crippen molar-refractivity contribution in [2.24, 2.45) is 0 Å². The second kappa shape index (κ2) is 4.32. The number of carbonyl (C=O) groups excluding carboxylic acids is 1. The number of rotatable bonds is 2. The molecule has 1 aromatic carbocycles.